The van der Waals surface area contributed by atoms with Gasteiger partial charge >= 0.3 is 6.09 Å². The zero-order chi connectivity index (χ0) is 18.0. The first-order chi connectivity index (χ1) is 11.2. The monoisotopic (exact) mass is 343 g/mol. The minimum absolute atomic E-state index is 0.130. The summed E-state index contributed by atoms with van der Waals surface area (Å²) in [6, 6.07) is 5.84. The van der Waals surface area contributed by atoms with E-state index in [0.717, 1.165) is 0 Å². The Bertz CT molecular complexity index is 590. The number of carbonyl (C=O) groups excluding carboxylic acids is 1. The van der Waals surface area contributed by atoms with Crippen molar-refractivity contribution in [2.45, 2.75) is 38.0 Å². The van der Waals surface area contributed by atoms with E-state index in [-0.39, 0.29) is 12.2 Å². The Morgan fingerprint density at radius 3 is 2.67 bits per heavy atom. The lowest BCUT2D eigenvalue weighted by Crippen LogP contribution is -2.54. The van der Waals surface area contributed by atoms with Crippen LogP contribution in [0.4, 0.5) is 13.6 Å². The molecule has 0 aliphatic carbocycles. The summed E-state index contributed by atoms with van der Waals surface area (Å²) in [7, 11) is 0. The van der Waals surface area contributed by atoms with E-state index in [1.54, 1.807) is 26.8 Å². The number of aliphatic hydroxyl groups excluding tert-OH is 1. The maximum atomic E-state index is 14.4. The highest BCUT2D eigenvalue weighted by Crippen LogP contribution is 2.40. The molecule has 1 aliphatic rings. The first kappa shape index (κ1) is 18.6. The SMILES string of the molecule is CC(C)(C)OC(=O)NC1(c2ccccc2F)COC(CF)C1CO. The van der Waals surface area contributed by atoms with Crippen LogP contribution < -0.4 is 5.32 Å². The molecular weight excluding hydrogens is 320 g/mol. The molecule has 3 unspecified atom stereocenters. The largest absolute Gasteiger partial charge is 0.444 e. The number of carbonyl (C=O) groups is 1. The average molecular weight is 343 g/mol. The van der Waals surface area contributed by atoms with Crippen LogP contribution in [0, 0.1) is 11.7 Å². The molecule has 1 aromatic carbocycles. The number of nitrogens with one attached hydrogen (secondary N) is 1. The van der Waals surface area contributed by atoms with Gasteiger partial charge in [0.15, 0.2) is 0 Å². The number of alkyl carbamates (subject to hydrolysis) is 1. The maximum absolute atomic E-state index is 14.4. The standard InChI is InChI=1S/C17H23F2NO4/c1-16(2,3)24-15(22)20-17(11-6-4-5-7-13(11)19)10-23-14(8-18)12(17)9-21/h4-7,12,14,21H,8-10H2,1-3H3,(H,20,22). The summed E-state index contributed by atoms with van der Waals surface area (Å²) in [6.07, 6.45) is -1.73. The number of amides is 1. The van der Waals surface area contributed by atoms with Crippen molar-refractivity contribution < 1.29 is 28.2 Å². The molecule has 1 heterocycles. The van der Waals surface area contributed by atoms with Gasteiger partial charge in [0, 0.05) is 11.5 Å². The molecule has 1 saturated heterocycles. The highest BCUT2D eigenvalue weighted by molar-refractivity contribution is 5.69. The predicted molar refractivity (Wildman–Crippen MR) is 83.7 cm³/mol. The Kier molecular flexibility index (Phi) is 5.45. The van der Waals surface area contributed by atoms with E-state index in [1.165, 1.54) is 18.2 Å². The highest BCUT2D eigenvalue weighted by atomic mass is 19.1. The Labute approximate surface area is 140 Å². The van der Waals surface area contributed by atoms with Crippen LogP contribution in [0.2, 0.25) is 0 Å². The highest BCUT2D eigenvalue weighted by Gasteiger charge is 2.53. The molecule has 1 aliphatic heterocycles. The van der Waals surface area contributed by atoms with Gasteiger partial charge in [0.25, 0.3) is 0 Å². The summed E-state index contributed by atoms with van der Waals surface area (Å²) in [5, 5.41) is 12.4. The molecule has 3 atom stereocenters. The molecule has 0 radical (unpaired) electrons. The molecule has 0 bridgehead atoms. The maximum Gasteiger partial charge on any atom is 0.408 e. The summed E-state index contributed by atoms with van der Waals surface area (Å²) in [5.41, 5.74) is -2.03. The molecule has 2 N–H and O–H groups in total. The summed E-state index contributed by atoms with van der Waals surface area (Å²) < 4.78 is 38.3. The summed E-state index contributed by atoms with van der Waals surface area (Å²) in [4.78, 5) is 12.3. The first-order valence-corrected chi connectivity index (χ1v) is 7.78. The third-order valence-corrected chi connectivity index (χ3v) is 4.03. The van der Waals surface area contributed by atoms with Crippen molar-refractivity contribution in [3.63, 3.8) is 0 Å². The molecule has 0 aromatic heterocycles. The zero-order valence-corrected chi connectivity index (χ0v) is 14.0. The van der Waals surface area contributed by atoms with Crippen LogP contribution >= 0.6 is 0 Å². The van der Waals surface area contributed by atoms with Gasteiger partial charge < -0.3 is 19.9 Å². The van der Waals surface area contributed by atoms with Crippen molar-refractivity contribution >= 4 is 6.09 Å². The van der Waals surface area contributed by atoms with Crippen LogP contribution in [-0.2, 0) is 15.0 Å². The van der Waals surface area contributed by atoms with E-state index in [0.29, 0.717) is 0 Å². The van der Waals surface area contributed by atoms with E-state index in [9.17, 15) is 18.7 Å². The van der Waals surface area contributed by atoms with E-state index in [2.05, 4.69) is 5.32 Å². The summed E-state index contributed by atoms with van der Waals surface area (Å²) >= 11 is 0. The lowest BCUT2D eigenvalue weighted by Gasteiger charge is -2.36. The third-order valence-electron chi connectivity index (χ3n) is 4.03. The normalized spacial score (nSPS) is 27.1. The lowest BCUT2D eigenvalue weighted by molar-refractivity contribution is 0.0385. The zero-order valence-electron chi connectivity index (χ0n) is 14.0. The summed E-state index contributed by atoms with van der Waals surface area (Å²) in [5.74, 6) is -1.41. The number of halogens is 2. The number of aliphatic hydroxyl groups is 1. The van der Waals surface area contributed by atoms with Crippen LogP contribution in [0.1, 0.15) is 26.3 Å². The molecule has 5 nitrogen and oxygen atoms in total. The van der Waals surface area contributed by atoms with Gasteiger partial charge in [-0.15, -0.1) is 0 Å². The molecule has 24 heavy (non-hydrogen) atoms. The molecule has 2 rings (SSSR count). The lowest BCUT2D eigenvalue weighted by atomic mass is 9.78. The van der Waals surface area contributed by atoms with Crippen molar-refractivity contribution in [3.8, 4) is 0 Å². The molecule has 134 valence electrons. The molecule has 1 fully saturated rings. The van der Waals surface area contributed by atoms with E-state index < -0.39 is 48.4 Å². The molecular formula is C17H23F2NO4. The van der Waals surface area contributed by atoms with Crippen molar-refractivity contribution in [1.82, 2.24) is 5.32 Å². The van der Waals surface area contributed by atoms with Crippen molar-refractivity contribution in [1.29, 1.82) is 0 Å². The number of hydrogen-bond donors (Lipinski definition) is 2. The minimum atomic E-state index is -1.40. The number of alkyl halides is 1. The molecule has 1 aromatic rings. The fourth-order valence-electron chi connectivity index (χ4n) is 2.99. The quantitative estimate of drug-likeness (QED) is 0.882. The number of ether oxygens (including phenoxy) is 2. The molecule has 1 amide bonds. The van der Waals surface area contributed by atoms with E-state index in [4.69, 9.17) is 9.47 Å². The number of hydrogen-bond acceptors (Lipinski definition) is 4. The number of rotatable bonds is 4. The van der Waals surface area contributed by atoms with Gasteiger partial charge in [-0.1, -0.05) is 18.2 Å². The third kappa shape index (κ3) is 3.67. The molecule has 7 heteroatoms. The predicted octanol–water partition coefficient (Wildman–Crippen LogP) is 2.52. The van der Waals surface area contributed by atoms with Gasteiger partial charge in [0.2, 0.25) is 0 Å². The second-order valence-corrected chi connectivity index (χ2v) is 6.87. The van der Waals surface area contributed by atoms with E-state index >= 15 is 0 Å². The van der Waals surface area contributed by atoms with Gasteiger partial charge in [0.05, 0.1) is 19.3 Å². The van der Waals surface area contributed by atoms with Crippen molar-refractivity contribution in [2.75, 3.05) is 19.9 Å². The van der Waals surface area contributed by atoms with Crippen LogP contribution in [0.15, 0.2) is 24.3 Å². The van der Waals surface area contributed by atoms with Crippen LogP contribution in [0.5, 0.6) is 0 Å². The smallest absolute Gasteiger partial charge is 0.408 e. The van der Waals surface area contributed by atoms with Crippen LogP contribution in [-0.4, -0.2) is 42.8 Å². The topological polar surface area (TPSA) is 67.8 Å². The fraction of sp³-hybridized carbons (Fsp3) is 0.588. The summed E-state index contributed by atoms with van der Waals surface area (Å²) in [6.45, 7) is 3.60. The molecule has 0 spiro atoms. The Balaban J connectivity index is 2.43. The second-order valence-electron chi connectivity index (χ2n) is 6.87. The number of benzene rings is 1. The van der Waals surface area contributed by atoms with E-state index in [1.807, 2.05) is 0 Å². The fourth-order valence-corrected chi connectivity index (χ4v) is 2.99. The van der Waals surface area contributed by atoms with Gasteiger partial charge in [-0.3, -0.25) is 0 Å². The van der Waals surface area contributed by atoms with Crippen molar-refractivity contribution in [2.24, 2.45) is 5.92 Å². The van der Waals surface area contributed by atoms with Crippen LogP contribution in [0.25, 0.3) is 0 Å². The minimum Gasteiger partial charge on any atom is -0.444 e. The average Bonchev–Trinajstić information content (AvgIpc) is 2.83. The Hall–Kier alpha value is -1.73. The molecule has 0 saturated carbocycles. The first-order valence-electron chi connectivity index (χ1n) is 7.78. The second kappa shape index (κ2) is 7.03. The van der Waals surface area contributed by atoms with Gasteiger partial charge in [-0.05, 0) is 26.8 Å². The van der Waals surface area contributed by atoms with Gasteiger partial charge in [-0.25, -0.2) is 13.6 Å². The Morgan fingerprint density at radius 2 is 2.12 bits per heavy atom. The van der Waals surface area contributed by atoms with Crippen molar-refractivity contribution in [3.05, 3.63) is 35.6 Å². The van der Waals surface area contributed by atoms with Crippen LogP contribution in [0.3, 0.4) is 0 Å². The Morgan fingerprint density at radius 1 is 1.46 bits per heavy atom. The van der Waals surface area contributed by atoms with Gasteiger partial charge in [-0.2, -0.15) is 0 Å². The van der Waals surface area contributed by atoms with Gasteiger partial charge in [0.1, 0.15) is 23.6 Å².